The summed E-state index contributed by atoms with van der Waals surface area (Å²) in [6, 6.07) is 0.116. The lowest BCUT2D eigenvalue weighted by Gasteiger charge is -2.19. The molecule has 0 saturated heterocycles. The van der Waals surface area contributed by atoms with Gasteiger partial charge in [-0.05, 0) is 19.3 Å². The van der Waals surface area contributed by atoms with Crippen LogP contribution in [0.5, 0.6) is 0 Å². The number of hydrogen-bond donors (Lipinski definition) is 2. The SMILES string of the molecule is CC(C)NC(=O)NCC(C)(C)C. The predicted octanol–water partition coefficient (Wildman–Crippen LogP) is 1.74. The summed E-state index contributed by atoms with van der Waals surface area (Å²) >= 11 is 0. The molecule has 0 spiro atoms. The fraction of sp³-hybridized carbons (Fsp3) is 0.889. The Morgan fingerprint density at radius 2 is 1.83 bits per heavy atom. The first kappa shape index (κ1) is 11.3. The molecule has 0 aromatic heterocycles. The molecule has 0 unspecified atom stereocenters. The maximum absolute atomic E-state index is 11.1. The second-order valence-corrected chi connectivity index (χ2v) is 4.54. The van der Waals surface area contributed by atoms with Crippen molar-refractivity contribution in [2.24, 2.45) is 5.41 Å². The third kappa shape index (κ3) is 7.38. The highest BCUT2D eigenvalue weighted by atomic mass is 16.2. The zero-order chi connectivity index (χ0) is 9.78. The summed E-state index contributed by atoms with van der Waals surface area (Å²) in [6.45, 7) is 10.8. The highest BCUT2D eigenvalue weighted by Crippen LogP contribution is 2.09. The Hall–Kier alpha value is -0.730. The van der Waals surface area contributed by atoms with E-state index in [1.165, 1.54) is 0 Å². The Balaban J connectivity index is 3.58. The van der Waals surface area contributed by atoms with E-state index in [-0.39, 0.29) is 17.5 Å². The van der Waals surface area contributed by atoms with Crippen LogP contribution in [0.4, 0.5) is 4.79 Å². The lowest BCUT2D eigenvalue weighted by atomic mass is 9.97. The van der Waals surface area contributed by atoms with Crippen LogP contribution >= 0.6 is 0 Å². The minimum atomic E-state index is -0.0834. The first-order chi connectivity index (χ1) is 5.31. The summed E-state index contributed by atoms with van der Waals surface area (Å²) in [7, 11) is 0. The first-order valence-corrected chi connectivity index (χ1v) is 4.35. The van der Waals surface area contributed by atoms with Gasteiger partial charge in [0.2, 0.25) is 0 Å². The maximum atomic E-state index is 11.1. The molecular formula is C9H20N2O. The number of amides is 2. The van der Waals surface area contributed by atoms with Gasteiger partial charge in [0.15, 0.2) is 0 Å². The highest BCUT2D eigenvalue weighted by molar-refractivity contribution is 5.74. The van der Waals surface area contributed by atoms with Crippen LogP contribution in [0.1, 0.15) is 34.6 Å². The van der Waals surface area contributed by atoms with Gasteiger partial charge >= 0.3 is 6.03 Å². The second-order valence-electron chi connectivity index (χ2n) is 4.54. The lowest BCUT2D eigenvalue weighted by Crippen LogP contribution is -2.42. The van der Waals surface area contributed by atoms with Crippen LogP contribution in [0.25, 0.3) is 0 Å². The van der Waals surface area contributed by atoms with Gasteiger partial charge in [-0.3, -0.25) is 0 Å². The van der Waals surface area contributed by atoms with Crippen LogP contribution in [0.2, 0.25) is 0 Å². The van der Waals surface area contributed by atoms with Crippen molar-refractivity contribution in [2.45, 2.75) is 40.7 Å². The summed E-state index contributed by atoms with van der Waals surface area (Å²) in [5.74, 6) is 0. The quantitative estimate of drug-likeness (QED) is 0.654. The Kier molecular flexibility index (Phi) is 4.07. The molecule has 0 aliphatic rings. The van der Waals surface area contributed by atoms with Crippen molar-refractivity contribution >= 4 is 6.03 Å². The third-order valence-corrected chi connectivity index (χ3v) is 1.20. The third-order valence-electron chi connectivity index (χ3n) is 1.20. The van der Waals surface area contributed by atoms with Gasteiger partial charge in [-0.1, -0.05) is 20.8 Å². The monoisotopic (exact) mass is 172 g/mol. The number of nitrogens with one attached hydrogen (secondary N) is 2. The topological polar surface area (TPSA) is 41.1 Å². The van der Waals surface area contributed by atoms with Gasteiger partial charge < -0.3 is 10.6 Å². The Morgan fingerprint density at radius 3 is 2.17 bits per heavy atom. The summed E-state index contributed by atoms with van der Waals surface area (Å²) < 4.78 is 0. The van der Waals surface area contributed by atoms with Gasteiger partial charge in [-0.2, -0.15) is 0 Å². The Bertz CT molecular complexity index is 147. The van der Waals surface area contributed by atoms with Gasteiger partial charge in [0, 0.05) is 12.6 Å². The first-order valence-electron chi connectivity index (χ1n) is 4.35. The van der Waals surface area contributed by atoms with Gasteiger partial charge in [0.1, 0.15) is 0 Å². The van der Waals surface area contributed by atoms with Crippen molar-refractivity contribution in [1.29, 1.82) is 0 Å². The van der Waals surface area contributed by atoms with E-state index >= 15 is 0 Å². The molecule has 0 aromatic rings. The summed E-state index contributed by atoms with van der Waals surface area (Å²) in [6.07, 6.45) is 0. The molecule has 2 amide bonds. The second kappa shape index (κ2) is 4.33. The van der Waals surface area contributed by atoms with Crippen molar-refractivity contribution in [3.8, 4) is 0 Å². The Morgan fingerprint density at radius 1 is 1.33 bits per heavy atom. The van der Waals surface area contributed by atoms with E-state index in [1.54, 1.807) is 0 Å². The van der Waals surface area contributed by atoms with Crippen LogP contribution < -0.4 is 10.6 Å². The molecule has 0 radical (unpaired) electrons. The fourth-order valence-electron chi connectivity index (χ4n) is 0.659. The molecule has 0 aliphatic carbocycles. The van der Waals surface area contributed by atoms with Crippen molar-refractivity contribution in [2.75, 3.05) is 6.54 Å². The van der Waals surface area contributed by atoms with Gasteiger partial charge in [-0.25, -0.2) is 4.79 Å². The molecule has 2 N–H and O–H groups in total. The van der Waals surface area contributed by atoms with E-state index in [9.17, 15) is 4.79 Å². The number of rotatable bonds is 2. The van der Waals surface area contributed by atoms with Crippen LogP contribution in [0, 0.1) is 5.41 Å². The van der Waals surface area contributed by atoms with Gasteiger partial charge in [-0.15, -0.1) is 0 Å². The molecular weight excluding hydrogens is 152 g/mol. The van der Waals surface area contributed by atoms with Gasteiger partial charge in [0.05, 0.1) is 0 Å². The molecule has 0 rings (SSSR count). The van der Waals surface area contributed by atoms with E-state index < -0.39 is 0 Å². The molecule has 72 valence electrons. The molecule has 3 nitrogen and oxygen atoms in total. The van der Waals surface area contributed by atoms with Crippen LogP contribution in [-0.4, -0.2) is 18.6 Å². The van der Waals surface area contributed by atoms with Crippen LogP contribution in [-0.2, 0) is 0 Å². The van der Waals surface area contributed by atoms with Crippen LogP contribution in [0.3, 0.4) is 0 Å². The average Bonchev–Trinajstić information content (AvgIpc) is 1.80. The lowest BCUT2D eigenvalue weighted by molar-refractivity contribution is 0.233. The van der Waals surface area contributed by atoms with E-state index in [2.05, 4.69) is 31.4 Å². The fourth-order valence-corrected chi connectivity index (χ4v) is 0.659. The van der Waals surface area contributed by atoms with Crippen molar-refractivity contribution in [1.82, 2.24) is 10.6 Å². The number of carbonyl (C=O) groups is 1. The minimum absolute atomic E-state index is 0.0834. The molecule has 0 bridgehead atoms. The average molecular weight is 172 g/mol. The number of hydrogen-bond acceptors (Lipinski definition) is 1. The van der Waals surface area contributed by atoms with Gasteiger partial charge in [0.25, 0.3) is 0 Å². The molecule has 0 saturated carbocycles. The smallest absolute Gasteiger partial charge is 0.315 e. The molecule has 0 heterocycles. The van der Waals surface area contributed by atoms with E-state index in [0.717, 1.165) is 0 Å². The normalized spacial score (nSPS) is 11.5. The number of carbonyl (C=O) groups excluding carboxylic acids is 1. The van der Waals surface area contributed by atoms with Crippen molar-refractivity contribution < 1.29 is 4.79 Å². The molecule has 3 heteroatoms. The Labute approximate surface area is 74.9 Å². The molecule has 0 fully saturated rings. The largest absolute Gasteiger partial charge is 0.338 e. The predicted molar refractivity (Wildman–Crippen MR) is 51.1 cm³/mol. The number of urea groups is 1. The summed E-state index contributed by atoms with van der Waals surface area (Å²) in [4.78, 5) is 11.1. The highest BCUT2D eigenvalue weighted by Gasteiger charge is 2.11. The van der Waals surface area contributed by atoms with E-state index in [4.69, 9.17) is 0 Å². The van der Waals surface area contributed by atoms with E-state index in [0.29, 0.717) is 6.54 Å². The van der Waals surface area contributed by atoms with Crippen LogP contribution in [0.15, 0.2) is 0 Å². The summed E-state index contributed by atoms with van der Waals surface area (Å²) in [5, 5.41) is 5.57. The van der Waals surface area contributed by atoms with Crippen molar-refractivity contribution in [3.63, 3.8) is 0 Å². The van der Waals surface area contributed by atoms with E-state index in [1.807, 2.05) is 13.8 Å². The summed E-state index contributed by atoms with van der Waals surface area (Å²) in [5.41, 5.74) is 0.147. The molecule has 12 heavy (non-hydrogen) atoms. The maximum Gasteiger partial charge on any atom is 0.315 e. The molecule has 0 aliphatic heterocycles. The standard InChI is InChI=1S/C9H20N2O/c1-7(2)11-8(12)10-6-9(3,4)5/h7H,6H2,1-5H3,(H2,10,11,12). The zero-order valence-electron chi connectivity index (χ0n) is 8.69. The molecule has 0 atom stereocenters. The zero-order valence-corrected chi connectivity index (χ0v) is 8.69. The van der Waals surface area contributed by atoms with Crippen molar-refractivity contribution in [3.05, 3.63) is 0 Å². The molecule has 0 aromatic carbocycles. The minimum Gasteiger partial charge on any atom is -0.338 e.